The highest BCUT2D eigenvalue weighted by Crippen LogP contribution is 2.09. The maximum atomic E-state index is 12.1. The Hall–Kier alpha value is -3.66. The lowest BCUT2D eigenvalue weighted by molar-refractivity contribution is -0.136. The molecular formula is C20H19N3O4. The predicted molar refractivity (Wildman–Crippen MR) is 98.9 cm³/mol. The summed E-state index contributed by atoms with van der Waals surface area (Å²) >= 11 is 0. The van der Waals surface area contributed by atoms with Gasteiger partial charge in [-0.25, -0.2) is 4.79 Å². The summed E-state index contributed by atoms with van der Waals surface area (Å²) in [5, 5.41) is 11.5. The minimum absolute atomic E-state index is 0.172. The molecule has 0 aromatic heterocycles. The smallest absolute Gasteiger partial charge is 0.338 e. The maximum Gasteiger partial charge on any atom is 0.338 e. The van der Waals surface area contributed by atoms with Gasteiger partial charge in [-0.15, -0.1) is 0 Å². The molecule has 0 fully saturated rings. The van der Waals surface area contributed by atoms with Crippen molar-refractivity contribution in [3.63, 3.8) is 0 Å². The molecular weight excluding hydrogens is 346 g/mol. The molecule has 0 bridgehead atoms. The Kier molecular flexibility index (Phi) is 6.67. The van der Waals surface area contributed by atoms with Crippen LogP contribution in [0.15, 0.2) is 48.5 Å². The van der Waals surface area contributed by atoms with Crippen molar-refractivity contribution in [3.05, 3.63) is 65.2 Å². The van der Waals surface area contributed by atoms with E-state index in [-0.39, 0.29) is 18.0 Å². The van der Waals surface area contributed by atoms with Gasteiger partial charge < -0.3 is 15.0 Å². The van der Waals surface area contributed by atoms with E-state index in [1.54, 1.807) is 24.3 Å². The van der Waals surface area contributed by atoms with E-state index in [1.165, 1.54) is 24.1 Å². The number of amides is 2. The van der Waals surface area contributed by atoms with E-state index in [0.717, 1.165) is 5.56 Å². The third kappa shape index (κ3) is 5.97. The normalized spacial score (nSPS) is 9.81. The number of rotatable bonds is 6. The summed E-state index contributed by atoms with van der Waals surface area (Å²) in [6.07, 6.45) is 0. The van der Waals surface area contributed by atoms with Crippen molar-refractivity contribution in [2.24, 2.45) is 0 Å². The van der Waals surface area contributed by atoms with Crippen LogP contribution in [-0.4, -0.2) is 42.9 Å². The van der Waals surface area contributed by atoms with Gasteiger partial charge in [0.15, 0.2) is 6.61 Å². The summed E-state index contributed by atoms with van der Waals surface area (Å²) in [5.74, 6) is -1.58. The van der Waals surface area contributed by atoms with Crippen LogP contribution in [0.5, 0.6) is 0 Å². The second-order valence-corrected chi connectivity index (χ2v) is 5.93. The molecule has 2 amide bonds. The van der Waals surface area contributed by atoms with Gasteiger partial charge in [-0.1, -0.05) is 23.8 Å². The molecule has 0 aliphatic carbocycles. The largest absolute Gasteiger partial charge is 0.452 e. The highest BCUT2D eigenvalue weighted by Gasteiger charge is 2.16. The first-order valence-electron chi connectivity index (χ1n) is 8.17. The molecule has 138 valence electrons. The number of hydrogen-bond acceptors (Lipinski definition) is 5. The van der Waals surface area contributed by atoms with Crippen LogP contribution in [0.3, 0.4) is 0 Å². The molecule has 0 atom stereocenters. The number of aryl methyl sites for hydroxylation is 1. The zero-order valence-electron chi connectivity index (χ0n) is 15.1. The molecule has 0 radical (unpaired) electrons. The van der Waals surface area contributed by atoms with Crippen LogP contribution >= 0.6 is 0 Å². The average molecular weight is 365 g/mol. The summed E-state index contributed by atoms with van der Waals surface area (Å²) < 4.78 is 4.95. The molecule has 2 aromatic carbocycles. The average Bonchev–Trinajstić information content (AvgIpc) is 2.67. The lowest BCUT2D eigenvalue weighted by Gasteiger charge is -2.17. The zero-order valence-corrected chi connectivity index (χ0v) is 15.1. The van der Waals surface area contributed by atoms with E-state index in [2.05, 4.69) is 5.32 Å². The van der Waals surface area contributed by atoms with Gasteiger partial charge in [-0.05, 0) is 37.3 Å². The lowest BCUT2D eigenvalue weighted by Crippen LogP contribution is -2.37. The Balaban J connectivity index is 1.82. The number of nitrogens with zero attached hydrogens (tertiary/aromatic N) is 2. The number of esters is 1. The molecule has 1 N–H and O–H groups in total. The highest BCUT2D eigenvalue weighted by atomic mass is 16.5. The Labute approximate surface area is 157 Å². The summed E-state index contributed by atoms with van der Waals surface area (Å²) in [6, 6.07) is 15.2. The number of carbonyl (C=O) groups is 3. The Morgan fingerprint density at radius 1 is 1.15 bits per heavy atom. The van der Waals surface area contributed by atoms with Crippen molar-refractivity contribution in [2.75, 3.05) is 25.5 Å². The summed E-state index contributed by atoms with van der Waals surface area (Å²) in [4.78, 5) is 37.2. The summed E-state index contributed by atoms with van der Waals surface area (Å²) in [7, 11) is 1.45. The minimum atomic E-state index is -0.710. The second kappa shape index (κ2) is 9.15. The molecule has 2 aromatic rings. The topological polar surface area (TPSA) is 99.5 Å². The molecule has 0 aliphatic heterocycles. The fourth-order valence-corrected chi connectivity index (χ4v) is 2.18. The molecule has 2 rings (SSSR count). The quantitative estimate of drug-likeness (QED) is 0.791. The van der Waals surface area contributed by atoms with E-state index in [9.17, 15) is 14.4 Å². The van der Waals surface area contributed by atoms with E-state index >= 15 is 0 Å². The number of likely N-dealkylation sites (N-methyl/N-ethyl adjacent to an activating group) is 1. The van der Waals surface area contributed by atoms with Crippen LogP contribution in [0, 0.1) is 18.3 Å². The van der Waals surface area contributed by atoms with Crippen LogP contribution in [0.4, 0.5) is 5.69 Å². The third-order valence-corrected chi connectivity index (χ3v) is 3.70. The number of anilines is 1. The molecule has 0 spiro atoms. The van der Waals surface area contributed by atoms with Gasteiger partial charge in [0, 0.05) is 12.7 Å². The molecule has 0 heterocycles. The Morgan fingerprint density at radius 3 is 2.52 bits per heavy atom. The SMILES string of the molecule is Cc1ccc(NC(=O)CN(C)C(=O)COC(=O)c2cccc(C#N)c2)cc1. The van der Waals surface area contributed by atoms with Crippen LogP contribution in [0.1, 0.15) is 21.5 Å². The van der Waals surface area contributed by atoms with Gasteiger partial charge in [0.2, 0.25) is 5.91 Å². The van der Waals surface area contributed by atoms with E-state index in [0.29, 0.717) is 11.3 Å². The summed E-state index contributed by atoms with van der Waals surface area (Å²) in [6.45, 7) is 1.27. The predicted octanol–water partition coefficient (Wildman–Crippen LogP) is 2.12. The maximum absolute atomic E-state index is 12.1. The molecule has 7 heteroatoms. The van der Waals surface area contributed by atoms with E-state index in [1.807, 2.05) is 25.1 Å². The zero-order chi connectivity index (χ0) is 19.8. The van der Waals surface area contributed by atoms with Gasteiger partial charge in [0.1, 0.15) is 0 Å². The molecule has 27 heavy (non-hydrogen) atoms. The van der Waals surface area contributed by atoms with Crippen molar-refractivity contribution < 1.29 is 19.1 Å². The fourth-order valence-electron chi connectivity index (χ4n) is 2.18. The third-order valence-electron chi connectivity index (χ3n) is 3.70. The fraction of sp³-hybridized carbons (Fsp3) is 0.200. The molecule has 7 nitrogen and oxygen atoms in total. The van der Waals surface area contributed by atoms with E-state index < -0.39 is 18.5 Å². The van der Waals surface area contributed by atoms with Gasteiger partial charge >= 0.3 is 5.97 Å². The lowest BCUT2D eigenvalue weighted by atomic mass is 10.1. The van der Waals surface area contributed by atoms with E-state index in [4.69, 9.17) is 10.00 Å². The van der Waals surface area contributed by atoms with Crippen molar-refractivity contribution >= 4 is 23.5 Å². The van der Waals surface area contributed by atoms with Gasteiger partial charge in [0.05, 0.1) is 23.7 Å². The first-order chi connectivity index (χ1) is 12.9. The van der Waals surface area contributed by atoms with Crippen LogP contribution in [-0.2, 0) is 14.3 Å². The summed E-state index contributed by atoms with van der Waals surface area (Å²) in [5.41, 5.74) is 2.21. The van der Waals surface area contributed by atoms with Crippen LogP contribution < -0.4 is 5.32 Å². The molecule has 0 saturated heterocycles. The van der Waals surface area contributed by atoms with Gasteiger partial charge in [-0.3, -0.25) is 9.59 Å². The van der Waals surface area contributed by atoms with Crippen LogP contribution in [0.25, 0.3) is 0 Å². The number of hydrogen-bond donors (Lipinski definition) is 1. The second-order valence-electron chi connectivity index (χ2n) is 5.93. The van der Waals surface area contributed by atoms with Crippen molar-refractivity contribution in [1.82, 2.24) is 4.90 Å². The Bertz CT molecular complexity index is 885. The first-order valence-corrected chi connectivity index (χ1v) is 8.17. The van der Waals surface area contributed by atoms with Crippen molar-refractivity contribution in [1.29, 1.82) is 5.26 Å². The highest BCUT2D eigenvalue weighted by molar-refractivity contribution is 5.95. The molecule has 0 aliphatic rings. The first kappa shape index (κ1) is 19.7. The van der Waals surface area contributed by atoms with Crippen molar-refractivity contribution in [2.45, 2.75) is 6.92 Å². The number of carbonyl (C=O) groups excluding carboxylic acids is 3. The minimum Gasteiger partial charge on any atom is -0.452 e. The number of ether oxygens (including phenoxy) is 1. The Morgan fingerprint density at radius 2 is 1.85 bits per heavy atom. The molecule has 0 saturated carbocycles. The molecule has 0 unspecified atom stereocenters. The number of nitrogens with one attached hydrogen (secondary N) is 1. The van der Waals surface area contributed by atoms with Crippen LogP contribution in [0.2, 0.25) is 0 Å². The van der Waals surface area contributed by atoms with Crippen molar-refractivity contribution in [3.8, 4) is 6.07 Å². The standard InChI is InChI=1S/C20H19N3O4/c1-14-6-8-17(9-7-14)22-18(24)12-23(2)19(25)13-27-20(26)16-5-3-4-15(10-16)11-21/h3-10H,12-13H2,1-2H3,(H,22,24). The van der Waals surface area contributed by atoms with Gasteiger partial charge in [0.25, 0.3) is 5.91 Å². The van der Waals surface area contributed by atoms with Gasteiger partial charge in [-0.2, -0.15) is 5.26 Å². The number of benzene rings is 2. The number of nitriles is 1. The monoisotopic (exact) mass is 365 g/mol.